The van der Waals surface area contributed by atoms with Crippen molar-refractivity contribution in [2.24, 2.45) is 0 Å². The van der Waals surface area contributed by atoms with Crippen molar-refractivity contribution in [3.63, 3.8) is 0 Å². The first-order chi connectivity index (χ1) is 9.05. The van der Waals surface area contributed by atoms with E-state index in [-0.39, 0.29) is 5.91 Å². The van der Waals surface area contributed by atoms with Crippen LogP contribution in [0.3, 0.4) is 0 Å². The molecule has 1 amide bonds. The smallest absolute Gasteiger partial charge is 0.241 e. The Morgan fingerprint density at radius 2 is 1.68 bits per heavy atom. The maximum Gasteiger partial charge on any atom is 0.241 e. The van der Waals surface area contributed by atoms with E-state index in [1.165, 1.54) is 0 Å². The molecule has 0 fully saturated rings. The van der Waals surface area contributed by atoms with Crippen LogP contribution in [0, 0.1) is 0 Å². The number of hydrogen-bond acceptors (Lipinski definition) is 2. The molecule has 1 atom stereocenters. The summed E-state index contributed by atoms with van der Waals surface area (Å²) in [6.45, 7) is 1.98. The Balaban J connectivity index is 2.24. The van der Waals surface area contributed by atoms with Gasteiger partial charge in [-0.05, 0) is 36.2 Å². The SMILES string of the molecule is CN1C(=O)C(C)(c2ccc(N)cc2)c2ccccc21. The Morgan fingerprint density at radius 1 is 1.05 bits per heavy atom. The van der Waals surface area contributed by atoms with Crippen LogP contribution in [0.4, 0.5) is 11.4 Å². The first-order valence-electron chi connectivity index (χ1n) is 6.29. The summed E-state index contributed by atoms with van der Waals surface area (Å²) in [7, 11) is 1.82. The number of hydrogen-bond donors (Lipinski definition) is 1. The van der Waals surface area contributed by atoms with E-state index in [2.05, 4.69) is 0 Å². The zero-order valence-electron chi connectivity index (χ0n) is 11.1. The van der Waals surface area contributed by atoms with Gasteiger partial charge < -0.3 is 10.6 Å². The molecule has 2 aromatic carbocycles. The van der Waals surface area contributed by atoms with Crippen LogP contribution >= 0.6 is 0 Å². The number of nitrogen functional groups attached to an aromatic ring is 1. The number of benzene rings is 2. The van der Waals surface area contributed by atoms with Gasteiger partial charge in [-0.1, -0.05) is 30.3 Å². The number of likely N-dealkylation sites (N-methyl/N-ethyl adjacent to an activating group) is 1. The predicted molar refractivity (Wildman–Crippen MR) is 77.2 cm³/mol. The third-order valence-electron chi connectivity index (χ3n) is 4.02. The van der Waals surface area contributed by atoms with Crippen molar-refractivity contribution in [1.82, 2.24) is 0 Å². The maximum atomic E-state index is 12.7. The lowest BCUT2D eigenvalue weighted by molar-refractivity contribution is -0.121. The molecule has 0 aliphatic carbocycles. The first kappa shape index (κ1) is 11.8. The average Bonchev–Trinajstić information content (AvgIpc) is 2.63. The lowest BCUT2D eigenvalue weighted by Gasteiger charge is -2.24. The molecule has 1 aliphatic heterocycles. The predicted octanol–water partition coefficient (Wildman–Crippen LogP) is 2.55. The minimum Gasteiger partial charge on any atom is -0.399 e. The molecule has 19 heavy (non-hydrogen) atoms. The van der Waals surface area contributed by atoms with Crippen molar-refractivity contribution < 1.29 is 4.79 Å². The highest BCUT2D eigenvalue weighted by Crippen LogP contribution is 2.45. The number of fused-ring (bicyclic) bond motifs is 1. The van der Waals surface area contributed by atoms with Gasteiger partial charge in [0.15, 0.2) is 0 Å². The summed E-state index contributed by atoms with van der Waals surface area (Å²) in [5, 5.41) is 0. The number of amides is 1. The largest absolute Gasteiger partial charge is 0.399 e. The highest BCUT2D eigenvalue weighted by molar-refractivity contribution is 6.09. The van der Waals surface area contributed by atoms with E-state index in [0.29, 0.717) is 5.69 Å². The third-order valence-corrected chi connectivity index (χ3v) is 4.02. The van der Waals surface area contributed by atoms with Gasteiger partial charge in [0.25, 0.3) is 0 Å². The minimum atomic E-state index is -0.626. The number of anilines is 2. The minimum absolute atomic E-state index is 0.0958. The lowest BCUT2D eigenvalue weighted by atomic mass is 9.77. The fourth-order valence-electron chi connectivity index (χ4n) is 2.84. The van der Waals surface area contributed by atoms with Crippen LogP contribution in [0.5, 0.6) is 0 Å². The van der Waals surface area contributed by atoms with Crippen LogP contribution in [-0.4, -0.2) is 13.0 Å². The van der Waals surface area contributed by atoms with Crippen molar-refractivity contribution in [3.05, 3.63) is 59.7 Å². The van der Waals surface area contributed by atoms with Gasteiger partial charge in [0.1, 0.15) is 0 Å². The van der Waals surface area contributed by atoms with Gasteiger partial charge >= 0.3 is 0 Å². The number of nitrogens with two attached hydrogens (primary N) is 1. The van der Waals surface area contributed by atoms with Crippen molar-refractivity contribution in [1.29, 1.82) is 0 Å². The first-order valence-corrected chi connectivity index (χ1v) is 6.29. The summed E-state index contributed by atoms with van der Waals surface area (Å²) in [6.07, 6.45) is 0. The molecule has 2 aromatic rings. The van der Waals surface area contributed by atoms with Crippen molar-refractivity contribution >= 4 is 17.3 Å². The molecule has 3 nitrogen and oxygen atoms in total. The van der Waals surface area contributed by atoms with E-state index in [0.717, 1.165) is 16.8 Å². The topological polar surface area (TPSA) is 46.3 Å². The number of carbonyl (C=O) groups is 1. The van der Waals surface area contributed by atoms with E-state index in [9.17, 15) is 4.79 Å². The zero-order chi connectivity index (χ0) is 13.6. The molecule has 1 unspecified atom stereocenters. The Bertz CT molecular complexity index is 648. The van der Waals surface area contributed by atoms with Crippen LogP contribution in [0.15, 0.2) is 48.5 Å². The van der Waals surface area contributed by atoms with Crippen LogP contribution in [0.2, 0.25) is 0 Å². The second-order valence-corrected chi connectivity index (χ2v) is 5.13. The molecule has 1 heterocycles. The van der Waals surface area contributed by atoms with Gasteiger partial charge in [0.05, 0.1) is 5.41 Å². The van der Waals surface area contributed by atoms with E-state index >= 15 is 0 Å². The van der Waals surface area contributed by atoms with E-state index < -0.39 is 5.41 Å². The summed E-state index contributed by atoms with van der Waals surface area (Å²) in [4.78, 5) is 14.4. The van der Waals surface area contributed by atoms with E-state index in [1.54, 1.807) is 4.90 Å². The average molecular weight is 252 g/mol. The lowest BCUT2D eigenvalue weighted by Crippen LogP contribution is -2.37. The molecule has 0 radical (unpaired) electrons. The molecule has 0 aromatic heterocycles. The summed E-state index contributed by atoms with van der Waals surface area (Å²) in [5.74, 6) is 0.0958. The zero-order valence-corrected chi connectivity index (χ0v) is 11.1. The Morgan fingerprint density at radius 3 is 2.37 bits per heavy atom. The molecule has 96 valence electrons. The normalized spacial score (nSPS) is 21.6. The highest BCUT2D eigenvalue weighted by Gasteiger charge is 2.46. The molecule has 0 saturated carbocycles. The quantitative estimate of drug-likeness (QED) is 0.793. The van der Waals surface area contributed by atoms with Gasteiger partial charge in [-0.3, -0.25) is 4.79 Å². The Kier molecular flexibility index (Phi) is 2.39. The van der Waals surface area contributed by atoms with Crippen molar-refractivity contribution in [2.75, 3.05) is 17.7 Å². The molecule has 0 saturated heterocycles. The van der Waals surface area contributed by atoms with E-state index in [4.69, 9.17) is 5.73 Å². The highest BCUT2D eigenvalue weighted by atomic mass is 16.2. The molecule has 0 spiro atoms. The Hall–Kier alpha value is -2.29. The van der Waals surface area contributed by atoms with Crippen molar-refractivity contribution in [2.45, 2.75) is 12.3 Å². The van der Waals surface area contributed by atoms with Gasteiger partial charge in [-0.15, -0.1) is 0 Å². The monoisotopic (exact) mass is 252 g/mol. The van der Waals surface area contributed by atoms with Crippen LogP contribution in [-0.2, 0) is 10.2 Å². The second kappa shape index (κ2) is 3.85. The van der Waals surface area contributed by atoms with Gasteiger partial charge in [0.2, 0.25) is 5.91 Å². The third kappa shape index (κ3) is 1.48. The van der Waals surface area contributed by atoms with Gasteiger partial charge in [-0.2, -0.15) is 0 Å². The van der Waals surface area contributed by atoms with Crippen LogP contribution in [0.1, 0.15) is 18.1 Å². The number of carbonyl (C=O) groups excluding carboxylic acids is 1. The molecule has 3 heteroatoms. The number of rotatable bonds is 1. The summed E-state index contributed by atoms with van der Waals surface area (Å²) < 4.78 is 0. The molecule has 3 rings (SSSR count). The van der Waals surface area contributed by atoms with Crippen LogP contribution in [0.25, 0.3) is 0 Å². The molecule has 2 N–H and O–H groups in total. The number of nitrogens with zero attached hydrogens (tertiary/aromatic N) is 1. The molecule has 1 aliphatic rings. The van der Waals surface area contributed by atoms with Gasteiger partial charge in [-0.25, -0.2) is 0 Å². The molecular formula is C16H16N2O. The molecule has 0 bridgehead atoms. The summed E-state index contributed by atoms with van der Waals surface area (Å²) in [6, 6.07) is 15.5. The fourth-order valence-corrected chi connectivity index (χ4v) is 2.84. The van der Waals surface area contributed by atoms with E-state index in [1.807, 2.05) is 62.5 Å². The molecular weight excluding hydrogens is 236 g/mol. The Labute approximate surface area is 112 Å². The maximum absolute atomic E-state index is 12.7. The fraction of sp³-hybridized carbons (Fsp3) is 0.188. The van der Waals surface area contributed by atoms with Crippen LogP contribution < -0.4 is 10.6 Å². The van der Waals surface area contributed by atoms with Crippen molar-refractivity contribution in [3.8, 4) is 0 Å². The second-order valence-electron chi connectivity index (χ2n) is 5.13. The summed E-state index contributed by atoms with van der Waals surface area (Å²) in [5.41, 5.74) is 8.81. The standard InChI is InChI=1S/C16H16N2O/c1-16(11-7-9-12(17)10-8-11)13-5-3-4-6-14(13)18(2)15(16)19/h3-10H,17H2,1-2H3. The summed E-state index contributed by atoms with van der Waals surface area (Å²) >= 11 is 0. The number of para-hydroxylation sites is 1. The van der Waals surface area contributed by atoms with Gasteiger partial charge in [0, 0.05) is 18.4 Å².